The molecule has 1 N–H and O–H groups in total. The number of fused-ring (bicyclic) bond motifs is 1. The molecule has 3 aromatic rings. The van der Waals surface area contributed by atoms with E-state index in [0.29, 0.717) is 77.5 Å². The second kappa shape index (κ2) is 8.68. The molecule has 0 atom stereocenters. The van der Waals surface area contributed by atoms with Gasteiger partial charge in [0.25, 0.3) is 5.91 Å². The fraction of sp³-hybridized carbons (Fsp3) is 0.381. The molecule has 1 fully saturated rings. The number of furan rings is 1. The molecule has 0 spiro atoms. The van der Waals surface area contributed by atoms with Gasteiger partial charge >= 0.3 is 0 Å². The number of aryl methyl sites for hydroxylation is 1. The minimum atomic E-state index is -0.352. The SMILES string of the molecule is COc1cc(NC(=O)c2c(C)oc3ncnc(N4CCOCC4)c23)cc(OC)c1OC. The predicted molar refractivity (Wildman–Crippen MR) is 114 cm³/mol. The number of carbonyl (C=O) groups is 1. The molecule has 10 heteroatoms. The zero-order valence-corrected chi connectivity index (χ0v) is 17.9. The lowest BCUT2D eigenvalue weighted by molar-refractivity contribution is 0.102. The fourth-order valence-corrected chi connectivity index (χ4v) is 3.66. The van der Waals surface area contributed by atoms with Crippen LogP contribution in [0.4, 0.5) is 11.5 Å². The topological polar surface area (TPSA) is 108 Å². The van der Waals surface area contributed by atoms with Crippen LogP contribution in [-0.4, -0.2) is 63.5 Å². The number of morpholine rings is 1. The highest BCUT2D eigenvalue weighted by molar-refractivity contribution is 6.15. The van der Waals surface area contributed by atoms with E-state index < -0.39 is 0 Å². The van der Waals surface area contributed by atoms with Crippen LogP contribution in [0.2, 0.25) is 0 Å². The second-order valence-corrected chi connectivity index (χ2v) is 6.88. The van der Waals surface area contributed by atoms with Crippen molar-refractivity contribution in [3.05, 3.63) is 29.8 Å². The van der Waals surface area contributed by atoms with Gasteiger partial charge in [0.05, 0.1) is 45.5 Å². The highest BCUT2D eigenvalue weighted by Crippen LogP contribution is 2.40. The Balaban J connectivity index is 1.74. The summed E-state index contributed by atoms with van der Waals surface area (Å²) < 4.78 is 27.3. The number of nitrogens with one attached hydrogen (secondary N) is 1. The zero-order chi connectivity index (χ0) is 22.0. The summed E-state index contributed by atoms with van der Waals surface area (Å²) in [6.07, 6.45) is 1.44. The molecule has 4 rings (SSSR count). The van der Waals surface area contributed by atoms with Crippen LogP contribution in [0.15, 0.2) is 22.9 Å². The molecule has 10 nitrogen and oxygen atoms in total. The van der Waals surface area contributed by atoms with Gasteiger partial charge in [-0.15, -0.1) is 0 Å². The third kappa shape index (κ3) is 3.81. The van der Waals surface area contributed by atoms with Crippen LogP contribution >= 0.6 is 0 Å². The molecule has 0 saturated carbocycles. The molecule has 3 heterocycles. The van der Waals surface area contributed by atoms with E-state index in [1.165, 1.54) is 27.7 Å². The number of methoxy groups -OCH3 is 3. The lowest BCUT2D eigenvalue weighted by Gasteiger charge is -2.28. The number of anilines is 2. The lowest BCUT2D eigenvalue weighted by atomic mass is 10.1. The number of hydrogen-bond acceptors (Lipinski definition) is 9. The smallest absolute Gasteiger partial charge is 0.260 e. The quantitative estimate of drug-likeness (QED) is 0.634. The molecule has 1 aliphatic rings. The van der Waals surface area contributed by atoms with Crippen LogP contribution in [0, 0.1) is 6.92 Å². The largest absolute Gasteiger partial charge is 0.493 e. The summed E-state index contributed by atoms with van der Waals surface area (Å²) in [5.41, 5.74) is 1.23. The molecule has 1 aliphatic heterocycles. The van der Waals surface area contributed by atoms with Gasteiger partial charge in [-0.2, -0.15) is 0 Å². The van der Waals surface area contributed by atoms with Crippen molar-refractivity contribution in [2.45, 2.75) is 6.92 Å². The maximum atomic E-state index is 13.3. The van der Waals surface area contributed by atoms with Crippen LogP contribution in [0.5, 0.6) is 17.2 Å². The molecule has 0 aliphatic carbocycles. The maximum Gasteiger partial charge on any atom is 0.260 e. The molecule has 2 aromatic heterocycles. The van der Waals surface area contributed by atoms with Crippen molar-refractivity contribution in [1.29, 1.82) is 0 Å². The number of ether oxygens (including phenoxy) is 4. The van der Waals surface area contributed by atoms with Crippen molar-refractivity contribution in [2.24, 2.45) is 0 Å². The fourth-order valence-electron chi connectivity index (χ4n) is 3.66. The van der Waals surface area contributed by atoms with Gasteiger partial charge in [-0.05, 0) is 6.92 Å². The standard InChI is InChI=1S/C21H24N4O6/c1-12-16(17-19(22-11-23-21(17)31-12)25-5-7-30-8-6-25)20(26)24-13-9-14(27-2)18(29-4)15(10-13)28-3/h9-11H,5-8H2,1-4H3,(H,24,26). The van der Waals surface area contributed by atoms with E-state index >= 15 is 0 Å². The second-order valence-electron chi connectivity index (χ2n) is 6.88. The average Bonchev–Trinajstić information content (AvgIpc) is 3.14. The monoisotopic (exact) mass is 428 g/mol. The number of nitrogens with zero attached hydrogens (tertiary/aromatic N) is 3. The molecular formula is C21H24N4O6. The Hall–Kier alpha value is -3.53. The van der Waals surface area contributed by atoms with Crippen LogP contribution in [0.1, 0.15) is 16.1 Å². The van der Waals surface area contributed by atoms with Gasteiger partial charge in [0, 0.05) is 30.9 Å². The third-order valence-electron chi connectivity index (χ3n) is 5.10. The predicted octanol–water partition coefficient (Wildman–Crippen LogP) is 2.65. The first kappa shape index (κ1) is 20.7. The lowest BCUT2D eigenvalue weighted by Crippen LogP contribution is -2.37. The van der Waals surface area contributed by atoms with Crippen LogP contribution < -0.4 is 24.4 Å². The van der Waals surface area contributed by atoms with Crippen molar-refractivity contribution >= 4 is 28.5 Å². The molecule has 0 bridgehead atoms. The molecule has 0 unspecified atom stereocenters. The van der Waals surface area contributed by atoms with E-state index in [2.05, 4.69) is 20.2 Å². The van der Waals surface area contributed by atoms with Gasteiger partial charge < -0.3 is 33.6 Å². The maximum absolute atomic E-state index is 13.3. The van der Waals surface area contributed by atoms with Gasteiger partial charge in [-0.1, -0.05) is 0 Å². The van der Waals surface area contributed by atoms with Crippen molar-refractivity contribution in [3.63, 3.8) is 0 Å². The Morgan fingerprint density at radius 2 is 1.74 bits per heavy atom. The Morgan fingerprint density at radius 3 is 2.35 bits per heavy atom. The van der Waals surface area contributed by atoms with Gasteiger partial charge in [0.15, 0.2) is 11.5 Å². The minimum Gasteiger partial charge on any atom is -0.493 e. The summed E-state index contributed by atoms with van der Waals surface area (Å²) >= 11 is 0. The van der Waals surface area contributed by atoms with Crippen LogP contribution in [-0.2, 0) is 4.74 Å². The Kier molecular flexibility index (Phi) is 5.81. The van der Waals surface area contributed by atoms with Gasteiger partial charge in [-0.25, -0.2) is 9.97 Å². The molecule has 31 heavy (non-hydrogen) atoms. The number of aromatic nitrogens is 2. The van der Waals surface area contributed by atoms with Crippen molar-refractivity contribution in [2.75, 3.05) is 57.8 Å². The highest BCUT2D eigenvalue weighted by Gasteiger charge is 2.26. The summed E-state index contributed by atoms with van der Waals surface area (Å²) in [6, 6.07) is 3.33. The first-order chi connectivity index (χ1) is 15.1. The summed E-state index contributed by atoms with van der Waals surface area (Å²) in [6.45, 7) is 4.26. The summed E-state index contributed by atoms with van der Waals surface area (Å²) in [5, 5.41) is 3.47. The number of benzene rings is 1. The average molecular weight is 428 g/mol. The van der Waals surface area contributed by atoms with E-state index in [-0.39, 0.29) is 5.91 Å². The molecule has 1 saturated heterocycles. The molecular weight excluding hydrogens is 404 g/mol. The third-order valence-corrected chi connectivity index (χ3v) is 5.10. The molecule has 1 amide bonds. The number of hydrogen-bond donors (Lipinski definition) is 1. The normalized spacial score (nSPS) is 13.9. The number of rotatable bonds is 6. The van der Waals surface area contributed by atoms with Crippen LogP contribution in [0.25, 0.3) is 11.1 Å². The molecule has 0 radical (unpaired) electrons. The summed E-state index contributed by atoms with van der Waals surface area (Å²) in [4.78, 5) is 24.0. The van der Waals surface area contributed by atoms with E-state index in [1.54, 1.807) is 19.1 Å². The Labute approximate surface area is 179 Å². The minimum absolute atomic E-state index is 0.352. The van der Waals surface area contributed by atoms with Crippen molar-refractivity contribution in [3.8, 4) is 17.2 Å². The van der Waals surface area contributed by atoms with Crippen molar-refractivity contribution < 1.29 is 28.2 Å². The van der Waals surface area contributed by atoms with E-state index in [9.17, 15) is 4.79 Å². The van der Waals surface area contributed by atoms with E-state index in [1.807, 2.05) is 0 Å². The van der Waals surface area contributed by atoms with Crippen molar-refractivity contribution in [1.82, 2.24) is 9.97 Å². The molecule has 164 valence electrons. The van der Waals surface area contributed by atoms with E-state index in [4.69, 9.17) is 23.4 Å². The van der Waals surface area contributed by atoms with Gasteiger partial charge in [0.2, 0.25) is 11.5 Å². The van der Waals surface area contributed by atoms with Gasteiger partial charge in [-0.3, -0.25) is 4.79 Å². The first-order valence-corrected chi connectivity index (χ1v) is 9.75. The Bertz CT molecular complexity index is 1080. The Morgan fingerprint density at radius 1 is 1.06 bits per heavy atom. The van der Waals surface area contributed by atoms with Gasteiger partial charge in [0.1, 0.15) is 17.9 Å². The first-order valence-electron chi connectivity index (χ1n) is 9.75. The molecule has 1 aromatic carbocycles. The van der Waals surface area contributed by atoms with Crippen LogP contribution in [0.3, 0.4) is 0 Å². The zero-order valence-electron chi connectivity index (χ0n) is 17.9. The van der Waals surface area contributed by atoms with E-state index in [0.717, 1.165) is 0 Å². The number of carbonyl (C=O) groups excluding carboxylic acids is 1. The highest BCUT2D eigenvalue weighted by atomic mass is 16.5. The summed E-state index contributed by atoms with van der Waals surface area (Å²) in [5.74, 6) is 2.06. The number of amides is 1. The summed E-state index contributed by atoms with van der Waals surface area (Å²) in [7, 11) is 4.55.